The third-order valence-corrected chi connectivity index (χ3v) is 2.53. The minimum absolute atomic E-state index is 0.138. The highest BCUT2D eigenvalue weighted by Gasteiger charge is 2.23. The minimum atomic E-state index is -1.04. The van der Waals surface area contributed by atoms with Crippen LogP contribution in [0.1, 0.15) is 46.5 Å². The maximum Gasteiger partial charge on any atom is 0.332 e. The lowest BCUT2D eigenvalue weighted by Crippen LogP contribution is -2.21. The molecule has 0 rings (SSSR count). The number of carbonyl (C=O) groups is 2. The number of unbranched alkanes of at least 4 members (excludes halogenated alkanes) is 3. The molecule has 0 saturated heterocycles. The summed E-state index contributed by atoms with van der Waals surface area (Å²) in [6.07, 6.45) is 5.43. The lowest BCUT2D eigenvalue weighted by atomic mass is 9.99. The Morgan fingerprint density at radius 2 is 1.94 bits per heavy atom. The van der Waals surface area contributed by atoms with Gasteiger partial charge in [0.15, 0.2) is 0 Å². The van der Waals surface area contributed by atoms with Gasteiger partial charge in [-0.3, -0.25) is 4.79 Å². The summed E-state index contributed by atoms with van der Waals surface area (Å²) in [7, 11) is 0. The van der Waals surface area contributed by atoms with Gasteiger partial charge in [0.05, 0.1) is 12.5 Å². The third-order valence-electron chi connectivity index (χ3n) is 2.53. The Labute approximate surface area is 103 Å². The van der Waals surface area contributed by atoms with Gasteiger partial charge in [0.2, 0.25) is 0 Å². The van der Waals surface area contributed by atoms with E-state index < -0.39 is 17.9 Å². The van der Waals surface area contributed by atoms with Crippen molar-refractivity contribution in [2.75, 3.05) is 6.61 Å². The number of esters is 1. The monoisotopic (exact) mass is 242 g/mol. The van der Waals surface area contributed by atoms with Crippen LogP contribution in [-0.4, -0.2) is 23.7 Å². The maximum absolute atomic E-state index is 11.5. The first-order valence-corrected chi connectivity index (χ1v) is 6.14. The molecule has 0 aliphatic carbocycles. The maximum atomic E-state index is 11.5. The molecule has 0 unspecified atom stereocenters. The number of aliphatic carboxylic acids is 1. The molecule has 98 valence electrons. The second kappa shape index (κ2) is 8.79. The van der Waals surface area contributed by atoms with E-state index in [-0.39, 0.29) is 12.2 Å². The first kappa shape index (κ1) is 15.7. The van der Waals surface area contributed by atoms with Crippen LogP contribution in [0.15, 0.2) is 11.6 Å². The molecule has 17 heavy (non-hydrogen) atoms. The Morgan fingerprint density at radius 3 is 2.41 bits per heavy atom. The number of carboxylic acids is 1. The SMILES string of the molecule is CCCCC/C=C(/C(=O)O)[C@@H](C)C(=O)OCC. The Hall–Kier alpha value is -1.32. The highest BCUT2D eigenvalue weighted by molar-refractivity contribution is 5.94. The molecule has 0 aliphatic heterocycles. The van der Waals surface area contributed by atoms with Crippen molar-refractivity contribution in [3.8, 4) is 0 Å². The van der Waals surface area contributed by atoms with E-state index in [0.29, 0.717) is 6.42 Å². The summed E-state index contributed by atoms with van der Waals surface area (Å²) < 4.78 is 4.82. The number of ether oxygens (including phenoxy) is 1. The molecule has 1 N–H and O–H groups in total. The average molecular weight is 242 g/mol. The van der Waals surface area contributed by atoms with Crippen molar-refractivity contribution >= 4 is 11.9 Å². The molecule has 0 heterocycles. The molecule has 0 aromatic rings. The molecule has 0 aliphatic rings. The van der Waals surface area contributed by atoms with Crippen molar-refractivity contribution in [2.45, 2.75) is 46.5 Å². The summed E-state index contributed by atoms with van der Waals surface area (Å²) >= 11 is 0. The predicted molar refractivity (Wildman–Crippen MR) is 65.7 cm³/mol. The molecule has 0 bridgehead atoms. The van der Waals surface area contributed by atoms with E-state index in [4.69, 9.17) is 9.84 Å². The standard InChI is InChI=1S/C13H22O4/c1-4-6-7-8-9-11(12(14)15)10(3)13(16)17-5-2/h9-10H,4-8H2,1-3H3,(H,14,15)/b11-9+/t10-/m1/s1. The summed E-state index contributed by atoms with van der Waals surface area (Å²) in [6, 6.07) is 0. The van der Waals surface area contributed by atoms with Crippen LogP contribution in [0.25, 0.3) is 0 Å². The second-order valence-corrected chi connectivity index (χ2v) is 3.93. The largest absolute Gasteiger partial charge is 0.478 e. The summed E-state index contributed by atoms with van der Waals surface area (Å²) in [6.45, 7) is 5.63. The van der Waals surface area contributed by atoms with Crippen molar-refractivity contribution in [3.63, 3.8) is 0 Å². The van der Waals surface area contributed by atoms with Crippen LogP contribution in [0.4, 0.5) is 0 Å². The topological polar surface area (TPSA) is 63.6 Å². The van der Waals surface area contributed by atoms with Crippen LogP contribution >= 0.6 is 0 Å². The summed E-state index contributed by atoms with van der Waals surface area (Å²) in [4.78, 5) is 22.5. The van der Waals surface area contributed by atoms with Gasteiger partial charge in [0.1, 0.15) is 0 Å². The fourth-order valence-electron chi connectivity index (χ4n) is 1.50. The van der Waals surface area contributed by atoms with E-state index in [1.165, 1.54) is 0 Å². The predicted octanol–water partition coefficient (Wildman–Crippen LogP) is 2.78. The molecule has 0 spiro atoms. The lowest BCUT2D eigenvalue weighted by molar-refractivity contribution is -0.148. The van der Waals surface area contributed by atoms with Crippen LogP contribution in [0.5, 0.6) is 0 Å². The highest BCUT2D eigenvalue weighted by atomic mass is 16.5. The smallest absolute Gasteiger partial charge is 0.332 e. The van der Waals surface area contributed by atoms with E-state index in [0.717, 1.165) is 19.3 Å². The molecular weight excluding hydrogens is 220 g/mol. The lowest BCUT2D eigenvalue weighted by Gasteiger charge is -2.11. The number of hydrogen-bond donors (Lipinski definition) is 1. The van der Waals surface area contributed by atoms with Gasteiger partial charge in [0, 0.05) is 5.57 Å². The summed E-state index contributed by atoms with van der Waals surface area (Å²) in [5, 5.41) is 9.04. The van der Waals surface area contributed by atoms with Crippen LogP contribution in [0.2, 0.25) is 0 Å². The van der Waals surface area contributed by atoms with Gasteiger partial charge in [-0.25, -0.2) is 4.79 Å². The molecular formula is C13H22O4. The van der Waals surface area contributed by atoms with Gasteiger partial charge in [-0.2, -0.15) is 0 Å². The molecule has 0 amide bonds. The molecule has 0 aromatic carbocycles. The number of allylic oxidation sites excluding steroid dienone is 1. The van der Waals surface area contributed by atoms with Crippen molar-refractivity contribution in [1.29, 1.82) is 0 Å². The molecule has 4 nitrogen and oxygen atoms in total. The van der Waals surface area contributed by atoms with Crippen LogP contribution < -0.4 is 0 Å². The molecule has 0 fully saturated rings. The molecule has 0 saturated carbocycles. The number of carboxylic acid groups (broad SMARTS) is 1. The van der Waals surface area contributed by atoms with Gasteiger partial charge in [-0.15, -0.1) is 0 Å². The highest BCUT2D eigenvalue weighted by Crippen LogP contribution is 2.15. The Balaban J connectivity index is 4.50. The van der Waals surface area contributed by atoms with E-state index >= 15 is 0 Å². The van der Waals surface area contributed by atoms with E-state index in [1.54, 1.807) is 19.9 Å². The fourth-order valence-corrected chi connectivity index (χ4v) is 1.50. The van der Waals surface area contributed by atoms with Crippen LogP contribution in [-0.2, 0) is 14.3 Å². The second-order valence-electron chi connectivity index (χ2n) is 3.93. The fraction of sp³-hybridized carbons (Fsp3) is 0.692. The van der Waals surface area contributed by atoms with Crippen molar-refractivity contribution in [3.05, 3.63) is 11.6 Å². The summed E-state index contributed by atoms with van der Waals surface area (Å²) in [5.74, 6) is -2.22. The Kier molecular flexibility index (Phi) is 8.11. The minimum Gasteiger partial charge on any atom is -0.478 e. The van der Waals surface area contributed by atoms with Crippen molar-refractivity contribution in [2.24, 2.45) is 5.92 Å². The van der Waals surface area contributed by atoms with E-state index in [1.807, 2.05) is 0 Å². The number of hydrogen-bond acceptors (Lipinski definition) is 3. The van der Waals surface area contributed by atoms with Gasteiger partial charge < -0.3 is 9.84 Å². The van der Waals surface area contributed by atoms with Crippen molar-refractivity contribution in [1.82, 2.24) is 0 Å². The average Bonchev–Trinajstić information content (AvgIpc) is 2.28. The first-order chi connectivity index (χ1) is 8.04. The number of rotatable bonds is 8. The zero-order chi connectivity index (χ0) is 13.3. The van der Waals surface area contributed by atoms with Crippen LogP contribution in [0, 0.1) is 5.92 Å². The normalized spacial score (nSPS) is 13.2. The van der Waals surface area contributed by atoms with Gasteiger partial charge in [-0.05, 0) is 26.7 Å². The van der Waals surface area contributed by atoms with E-state index in [9.17, 15) is 9.59 Å². The molecule has 1 atom stereocenters. The number of carbonyl (C=O) groups excluding carboxylic acids is 1. The molecule has 4 heteroatoms. The molecule has 0 aromatic heterocycles. The molecule has 0 radical (unpaired) electrons. The van der Waals surface area contributed by atoms with Crippen LogP contribution in [0.3, 0.4) is 0 Å². The zero-order valence-electron chi connectivity index (χ0n) is 10.9. The van der Waals surface area contributed by atoms with Gasteiger partial charge >= 0.3 is 11.9 Å². The Morgan fingerprint density at radius 1 is 1.29 bits per heavy atom. The van der Waals surface area contributed by atoms with Gasteiger partial charge in [0.25, 0.3) is 0 Å². The zero-order valence-corrected chi connectivity index (χ0v) is 10.9. The van der Waals surface area contributed by atoms with Crippen molar-refractivity contribution < 1.29 is 19.4 Å². The first-order valence-electron chi connectivity index (χ1n) is 6.14. The third kappa shape index (κ3) is 6.09. The quantitative estimate of drug-likeness (QED) is 0.404. The summed E-state index contributed by atoms with van der Waals surface area (Å²) in [5.41, 5.74) is 0.138. The van der Waals surface area contributed by atoms with E-state index in [2.05, 4.69) is 6.92 Å². The Bertz CT molecular complexity index is 281. The van der Waals surface area contributed by atoms with Gasteiger partial charge in [-0.1, -0.05) is 25.8 Å².